The number of halogens is 5. The highest BCUT2D eigenvalue weighted by Crippen LogP contribution is 2.32. The van der Waals surface area contributed by atoms with Crippen molar-refractivity contribution in [2.75, 3.05) is 4.72 Å². The van der Waals surface area contributed by atoms with Crippen LogP contribution in [0, 0.1) is 34.6 Å². The fourth-order valence-corrected chi connectivity index (χ4v) is 4.52. The Balaban J connectivity index is 2.58. The van der Waals surface area contributed by atoms with Gasteiger partial charge >= 0.3 is 0 Å². The first kappa shape index (κ1) is 16.7. The van der Waals surface area contributed by atoms with E-state index in [9.17, 15) is 26.0 Å². The second-order valence-corrected chi connectivity index (χ2v) is 8.15. The van der Waals surface area contributed by atoms with Crippen LogP contribution < -0.4 is 4.72 Å². The molecule has 0 saturated heterocycles. The van der Waals surface area contributed by atoms with Crippen molar-refractivity contribution in [3.63, 3.8) is 0 Å². The zero-order valence-corrected chi connectivity index (χ0v) is 13.3. The molecule has 0 bridgehead atoms. The van der Waals surface area contributed by atoms with E-state index in [1.807, 2.05) is 0 Å². The molecule has 0 aliphatic rings. The Morgan fingerprint density at radius 3 is 2.05 bits per heavy atom. The lowest BCUT2D eigenvalue weighted by Gasteiger charge is -2.10. The van der Waals surface area contributed by atoms with Gasteiger partial charge in [0, 0.05) is 0 Å². The molecule has 2 aromatic rings. The predicted molar refractivity (Wildman–Crippen MR) is 73.8 cm³/mol. The quantitative estimate of drug-likeness (QED) is 0.614. The van der Waals surface area contributed by atoms with Gasteiger partial charge in [-0.2, -0.15) is 5.26 Å². The molecule has 1 aromatic carbocycles. The van der Waals surface area contributed by atoms with E-state index in [0.717, 1.165) is 23.5 Å². The van der Waals surface area contributed by atoms with Gasteiger partial charge in [0.2, 0.25) is 0 Å². The first-order chi connectivity index (χ1) is 10.2. The molecule has 4 nitrogen and oxygen atoms in total. The Morgan fingerprint density at radius 1 is 1.09 bits per heavy atom. The summed E-state index contributed by atoms with van der Waals surface area (Å²) in [7, 11) is -4.45. The molecule has 0 saturated carbocycles. The monoisotopic (exact) mass is 414 g/mol. The van der Waals surface area contributed by atoms with E-state index in [1.165, 1.54) is 10.8 Å². The predicted octanol–water partition coefficient (Wildman–Crippen LogP) is 3.74. The summed E-state index contributed by atoms with van der Waals surface area (Å²) in [4.78, 5) is 0. The Hall–Kier alpha value is -1.64. The summed E-state index contributed by atoms with van der Waals surface area (Å²) in [6.07, 6.45) is 0. The molecule has 0 radical (unpaired) electrons. The third-order valence-corrected chi connectivity index (χ3v) is 5.89. The van der Waals surface area contributed by atoms with E-state index in [4.69, 9.17) is 5.26 Å². The van der Waals surface area contributed by atoms with Crippen molar-refractivity contribution >= 4 is 43.0 Å². The van der Waals surface area contributed by atoms with Crippen LogP contribution in [0.3, 0.4) is 0 Å². The van der Waals surface area contributed by atoms with Crippen molar-refractivity contribution in [1.29, 1.82) is 5.26 Å². The second kappa shape index (κ2) is 5.86. The number of hydrogen-bond acceptors (Lipinski definition) is 4. The van der Waals surface area contributed by atoms with Crippen LogP contribution in [0.15, 0.2) is 20.1 Å². The van der Waals surface area contributed by atoms with Gasteiger partial charge in [-0.3, -0.25) is 4.72 Å². The summed E-state index contributed by atoms with van der Waals surface area (Å²) in [5.74, 6) is -7.97. The topological polar surface area (TPSA) is 70.0 Å². The number of rotatable bonds is 3. The maximum atomic E-state index is 13.7. The summed E-state index contributed by atoms with van der Waals surface area (Å²) in [6.45, 7) is 0. The van der Waals surface area contributed by atoms with Crippen LogP contribution in [-0.4, -0.2) is 8.42 Å². The van der Waals surface area contributed by atoms with Crippen molar-refractivity contribution in [3.8, 4) is 6.07 Å². The average Bonchev–Trinajstić information content (AvgIpc) is 2.90. The summed E-state index contributed by atoms with van der Waals surface area (Å²) >= 11 is 3.73. The van der Waals surface area contributed by atoms with Gasteiger partial charge < -0.3 is 0 Å². The van der Waals surface area contributed by atoms with Gasteiger partial charge in [0.1, 0.15) is 21.5 Å². The number of benzene rings is 1. The van der Waals surface area contributed by atoms with Gasteiger partial charge in [-0.1, -0.05) is 0 Å². The van der Waals surface area contributed by atoms with E-state index in [1.54, 1.807) is 0 Å². The first-order valence-corrected chi connectivity index (χ1v) is 8.32. The molecule has 0 unspecified atom stereocenters. The minimum absolute atomic E-state index is 0.330. The Morgan fingerprint density at radius 2 is 1.64 bits per heavy atom. The Labute approximate surface area is 134 Å². The zero-order chi connectivity index (χ0) is 16.7. The van der Waals surface area contributed by atoms with Crippen molar-refractivity contribution in [2.45, 2.75) is 4.21 Å². The van der Waals surface area contributed by atoms with Crippen LogP contribution in [0.2, 0.25) is 0 Å². The molecule has 1 heterocycles. The van der Waals surface area contributed by atoms with Gasteiger partial charge in [-0.25, -0.2) is 26.0 Å². The molecule has 1 aromatic heterocycles. The third-order valence-electron chi connectivity index (χ3n) is 2.43. The molecule has 1 N–H and O–H groups in total. The molecule has 0 aliphatic carbocycles. The molecule has 0 spiro atoms. The number of hydrogen-bond donors (Lipinski definition) is 1. The summed E-state index contributed by atoms with van der Waals surface area (Å²) in [5.41, 5.74) is -3.00. The minimum atomic E-state index is -4.45. The van der Waals surface area contributed by atoms with Gasteiger partial charge in [0.15, 0.2) is 23.3 Å². The SMILES string of the molecule is N#Cc1c(F)c(F)c(NS(=O)(=O)c2ccc(Br)s2)c(F)c1F. The molecular formula is C11H3BrF4N2O2S2. The minimum Gasteiger partial charge on any atom is -0.273 e. The first-order valence-electron chi connectivity index (χ1n) is 5.23. The number of anilines is 1. The normalized spacial score (nSPS) is 11.3. The summed E-state index contributed by atoms with van der Waals surface area (Å²) in [5, 5.41) is 8.45. The lowest BCUT2D eigenvalue weighted by Crippen LogP contribution is -2.16. The van der Waals surface area contributed by atoms with Crippen LogP contribution in [0.25, 0.3) is 0 Å². The fraction of sp³-hybridized carbons (Fsp3) is 0. The molecule has 0 amide bonds. The van der Waals surface area contributed by atoms with Crippen molar-refractivity contribution < 1.29 is 26.0 Å². The molecule has 0 fully saturated rings. The van der Waals surface area contributed by atoms with Crippen LogP contribution >= 0.6 is 27.3 Å². The highest BCUT2D eigenvalue weighted by molar-refractivity contribution is 9.11. The van der Waals surface area contributed by atoms with Gasteiger partial charge in [0.05, 0.1) is 3.79 Å². The number of nitriles is 1. The van der Waals surface area contributed by atoms with Crippen LogP contribution in [0.5, 0.6) is 0 Å². The molecule has 0 atom stereocenters. The molecule has 0 aliphatic heterocycles. The van der Waals surface area contributed by atoms with Gasteiger partial charge in [0.25, 0.3) is 10.0 Å². The maximum Gasteiger partial charge on any atom is 0.271 e. The smallest absolute Gasteiger partial charge is 0.271 e. The average molecular weight is 415 g/mol. The third kappa shape index (κ3) is 2.81. The second-order valence-electron chi connectivity index (χ2n) is 3.78. The van der Waals surface area contributed by atoms with Crippen molar-refractivity contribution in [2.24, 2.45) is 0 Å². The molecule has 2 rings (SSSR count). The van der Waals surface area contributed by atoms with Crippen LogP contribution in [0.4, 0.5) is 23.2 Å². The largest absolute Gasteiger partial charge is 0.273 e. The molecule has 116 valence electrons. The zero-order valence-electron chi connectivity index (χ0n) is 10.1. The number of nitrogens with one attached hydrogen (secondary N) is 1. The van der Waals surface area contributed by atoms with E-state index < -0.39 is 44.5 Å². The van der Waals surface area contributed by atoms with E-state index in [2.05, 4.69) is 15.9 Å². The summed E-state index contributed by atoms with van der Waals surface area (Å²) in [6, 6.07) is 3.45. The van der Waals surface area contributed by atoms with E-state index >= 15 is 0 Å². The van der Waals surface area contributed by atoms with Crippen molar-refractivity contribution in [1.82, 2.24) is 0 Å². The Bertz CT molecular complexity index is 877. The highest BCUT2D eigenvalue weighted by atomic mass is 79.9. The standard InChI is InChI=1S/C11H3BrF4N2O2S2/c12-5-1-2-6(21-5)22(19,20)18-11-9(15)7(13)4(3-17)8(14)10(11)16/h1-2,18H. The molecule has 22 heavy (non-hydrogen) atoms. The van der Waals surface area contributed by atoms with Gasteiger partial charge in [-0.15, -0.1) is 11.3 Å². The van der Waals surface area contributed by atoms with Gasteiger partial charge in [-0.05, 0) is 28.1 Å². The van der Waals surface area contributed by atoms with E-state index in [0.29, 0.717) is 3.79 Å². The molecular weight excluding hydrogens is 412 g/mol. The lowest BCUT2D eigenvalue weighted by atomic mass is 10.1. The Kier molecular flexibility index (Phi) is 4.46. The van der Waals surface area contributed by atoms with Crippen LogP contribution in [0.1, 0.15) is 5.56 Å². The van der Waals surface area contributed by atoms with Crippen LogP contribution in [-0.2, 0) is 10.0 Å². The maximum absolute atomic E-state index is 13.7. The van der Waals surface area contributed by atoms with Crippen molar-refractivity contribution in [3.05, 3.63) is 44.8 Å². The summed E-state index contributed by atoms with van der Waals surface area (Å²) < 4.78 is 79.6. The highest BCUT2D eigenvalue weighted by Gasteiger charge is 2.29. The van der Waals surface area contributed by atoms with E-state index in [-0.39, 0.29) is 4.21 Å². The number of thiophene rings is 1. The fourth-order valence-electron chi connectivity index (χ4n) is 1.45. The molecule has 11 heteroatoms. The number of sulfonamides is 1. The number of nitrogens with zero attached hydrogens (tertiary/aromatic N) is 1. The lowest BCUT2D eigenvalue weighted by molar-refractivity contribution is 0.455.